The van der Waals surface area contributed by atoms with E-state index in [1.165, 1.54) is 35.1 Å². The van der Waals surface area contributed by atoms with Gasteiger partial charge in [-0.2, -0.15) is 0 Å². The Morgan fingerprint density at radius 2 is 2.39 bits per heavy atom. The van der Waals surface area contributed by atoms with Crippen molar-refractivity contribution in [2.24, 2.45) is 5.92 Å². The summed E-state index contributed by atoms with van der Waals surface area (Å²) >= 11 is 7.02. The average molecular weight is 279 g/mol. The molecule has 0 saturated carbocycles. The zero-order valence-electron chi connectivity index (χ0n) is 10.7. The number of anilines is 1. The average Bonchev–Trinajstić information content (AvgIpc) is 2.65. The molecule has 0 amide bonds. The maximum atomic E-state index is 5.21. The lowest BCUT2D eigenvalue weighted by molar-refractivity contribution is 0.509. The zero-order chi connectivity index (χ0) is 12.7. The number of aromatic nitrogens is 2. The molecule has 1 aliphatic carbocycles. The van der Waals surface area contributed by atoms with Crippen molar-refractivity contribution >= 4 is 39.6 Å². The van der Waals surface area contributed by atoms with Crippen LogP contribution in [0.15, 0.2) is 0 Å². The normalized spacial score (nSPS) is 18.9. The molecule has 1 aliphatic rings. The summed E-state index contributed by atoms with van der Waals surface area (Å²) in [5, 5.41) is 4.66. The number of aromatic amines is 1. The number of H-pyrrole nitrogens is 1. The maximum absolute atomic E-state index is 5.21. The highest BCUT2D eigenvalue weighted by atomic mass is 32.1. The number of hydrogen-bond acceptors (Lipinski definition) is 4. The molecule has 0 unspecified atom stereocenters. The molecular formula is C13H17N3S2. The summed E-state index contributed by atoms with van der Waals surface area (Å²) in [6.07, 6.45) is 3.63. The third-order valence-corrected chi connectivity index (χ3v) is 4.87. The molecule has 5 heteroatoms. The predicted octanol–water partition coefficient (Wildman–Crippen LogP) is 3.91. The van der Waals surface area contributed by atoms with Gasteiger partial charge in [0.25, 0.3) is 0 Å². The third-order valence-electron chi connectivity index (χ3n) is 3.53. The van der Waals surface area contributed by atoms with Crippen molar-refractivity contribution in [3.8, 4) is 0 Å². The van der Waals surface area contributed by atoms with Crippen LogP contribution in [-0.4, -0.2) is 16.5 Å². The molecule has 0 fully saturated rings. The molecule has 3 rings (SSSR count). The Labute approximate surface area is 116 Å². The summed E-state index contributed by atoms with van der Waals surface area (Å²) in [5.41, 5.74) is 1.49. The number of nitrogens with zero attached hydrogens (tertiary/aromatic N) is 1. The molecule has 0 radical (unpaired) electrons. The van der Waals surface area contributed by atoms with Crippen LogP contribution in [-0.2, 0) is 12.8 Å². The van der Waals surface area contributed by atoms with E-state index in [0.29, 0.717) is 4.77 Å². The number of nitrogens with one attached hydrogen (secondary N) is 2. The van der Waals surface area contributed by atoms with E-state index in [1.54, 1.807) is 0 Å². The number of fused-ring (bicyclic) bond motifs is 3. The van der Waals surface area contributed by atoms with E-state index in [0.717, 1.165) is 23.1 Å². The standard InChI is InChI=1S/C13H17N3S2/c1-3-14-11-10-8-5-4-7(2)6-9(8)18-12(10)16-13(17)15-11/h7H,3-6H2,1-2H3,(H2,14,15,16,17)/t7-/m1/s1. The van der Waals surface area contributed by atoms with Crippen molar-refractivity contribution in [3.63, 3.8) is 0 Å². The molecule has 0 aliphatic heterocycles. The minimum Gasteiger partial charge on any atom is -0.371 e. The van der Waals surface area contributed by atoms with E-state index < -0.39 is 0 Å². The van der Waals surface area contributed by atoms with Crippen molar-refractivity contribution in [1.82, 2.24) is 9.97 Å². The highest BCUT2D eigenvalue weighted by Gasteiger charge is 2.22. The number of hydrogen-bond donors (Lipinski definition) is 2. The lowest BCUT2D eigenvalue weighted by Gasteiger charge is -2.18. The van der Waals surface area contributed by atoms with Gasteiger partial charge in [0.2, 0.25) is 0 Å². The van der Waals surface area contributed by atoms with E-state index in [9.17, 15) is 0 Å². The largest absolute Gasteiger partial charge is 0.371 e. The Hall–Kier alpha value is -0.940. The van der Waals surface area contributed by atoms with Gasteiger partial charge in [-0.05, 0) is 49.9 Å². The van der Waals surface area contributed by atoms with Gasteiger partial charge < -0.3 is 10.3 Å². The fourth-order valence-electron chi connectivity index (χ4n) is 2.67. The molecule has 18 heavy (non-hydrogen) atoms. The summed E-state index contributed by atoms with van der Waals surface area (Å²) < 4.78 is 0.574. The van der Waals surface area contributed by atoms with Gasteiger partial charge in [0.15, 0.2) is 4.77 Å². The maximum Gasteiger partial charge on any atom is 0.199 e. The molecule has 2 aromatic rings. The predicted molar refractivity (Wildman–Crippen MR) is 80.2 cm³/mol. The lowest BCUT2D eigenvalue weighted by atomic mass is 9.89. The van der Waals surface area contributed by atoms with E-state index in [2.05, 4.69) is 29.1 Å². The van der Waals surface area contributed by atoms with Gasteiger partial charge in [0.1, 0.15) is 10.6 Å². The van der Waals surface area contributed by atoms with Crippen molar-refractivity contribution in [3.05, 3.63) is 15.2 Å². The molecule has 2 heterocycles. The zero-order valence-corrected chi connectivity index (χ0v) is 12.3. The van der Waals surface area contributed by atoms with Crippen LogP contribution in [0.25, 0.3) is 10.2 Å². The summed E-state index contributed by atoms with van der Waals surface area (Å²) in [6, 6.07) is 0. The van der Waals surface area contributed by atoms with Gasteiger partial charge in [-0.15, -0.1) is 11.3 Å². The topological polar surface area (TPSA) is 40.7 Å². The van der Waals surface area contributed by atoms with Crippen LogP contribution in [0.5, 0.6) is 0 Å². The van der Waals surface area contributed by atoms with Crippen molar-refractivity contribution in [2.75, 3.05) is 11.9 Å². The van der Waals surface area contributed by atoms with E-state index >= 15 is 0 Å². The van der Waals surface area contributed by atoms with Crippen LogP contribution in [0, 0.1) is 10.7 Å². The quantitative estimate of drug-likeness (QED) is 0.819. The second kappa shape index (κ2) is 4.63. The Morgan fingerprint density at radius 3 is 3.17 bits per heavy atom. The lowest BCUT2D eigenvalue weighted by Crippen LogP contribution is -2.09. The molecule has 2 aromatic heterocycles. The Kier molecular flexibility index (Phi) is 3.11. The van der Waals surface area contributed by atoms with Crippen molar-refractivity contribution < 1.29 is 0 Å². The van der Waals surface area contributed by atoms with Crippen molar-refractivity contribution in [2.45, 2.75) is 33.1 Å². The summed E-state index contributed by atoms with van der Waals surface area (Å²) in [6.45, 7) is 5.33. The molecule has 3 nitrogen and oxygen atoms in total. The van der Waals surface area contributed by atoms with E-state index in [1.807, 2.05) is 11.3 Å². The molecular weight excluding hydrogens is 262 g/mol. The molecule has 0 saturated heterocycles. The van der Waals surface area contributed by atoms with Gasteiger partial charge in [0.05, 0.1) is 5.39 Å². The number of aryl methyl sites for hydroxylation is 1. The van der Waals surface area contributed by atoms with Crippen LogP contribution in [0.4, 0.5) is 5.82 Å². The minimum absolute atomic E-state index is 0.574. The minimum atomic E-state index is 0.574. The molecule has 96 valence electrons. The SMILES string of the molecule is CCNc1[nH]c(=S)nc2sc3c(c12)CC[C@@H](C)C3. The highest BCUT2D eigenvalue weighted by Crippen LogP contribution is 2.39. The second-order valence-corrected chi connectivity index (χ2v) is 6.45. The summed E-state index contributed by atoms with van der Waals surface area (Å²) in [5.74, 6) is 1.85. The first-order valence-corrected chi connectivity index (χ1v) is 7.70. The van der Waals surface area contributed by atoms with Gasteiger partial charge in [-0.25, -0.2) is 4.98 Å². The fraction of sp³-hybridized carbons (Fsp3) is 0.538. The third kappa shape index (κ3) is 1.95. The Balaban J connectivity index is 2.25. The van der Waals surface area contributed by atoms with Crippen molar-refractivity contribution in [1.29, 1.82) is 0 Å². The van der Waals surface area contributed by atoms with Crippen LogP contribution in [0.2, 0.25) is 0 Å². The summed E-state index contributed by atoms with van der Waals surface area (Å²) in [7, 11) is 0. The first-order chi connectivity index (χ1) is 8.69. The first kappa shape index (κ1) is 12.1. The summed E-state index contributed by atoms with van der Waals surface area (Å²) in [4.78, 5) is 10.3. The molecule has 0 aromatic carbocycles. The van der Waals surface area contributed by atoms with E-state index in [-0.39, 0.29) is 0 Å². The molecule has 2 N–H and O–H groups in total. The first-order valence-electron chi connectivity index (χ1n) is 6.47. The van der Waals surface area contributed by atoms with Crippen LogP contribution < -0.4 is 5.32 Å². The van der Waals surface area contributed by atoms with Crippen LogP contribution in [0.3, 0.4) is 0 Å². The van der Waals surface area contributed by atoms with E-state index in [4.69, 9.17) is 12.2 Å². The monoisotopic (exact) mass is 279 g/mol. The van der Waals surface area contributed by atoms with Crippen LogP contribution in [0.1, 0.15) is 30.7 Å². The number of rotatable bonds is 2. The number of thiophene rings is 1. The molecule has 1 atom stereocenters. The fourth-order valence-corrected chi connectivity index (χ4v) is 4.32. The van der Waals surface area contributed by atoms with Crippen LogP contribution >= 0.6 is 23.6 Å². The smallest absolute Gasteiger partial charge is 0.199 e. The Bertz CT molecular complexity index is 641. The van der Waals surface area contributed by atoms with Gasteiger partial charge in [-0.3, -0.25) is 0 Å². The highest BCUT2D eigenvalue weighted by molar-refractivity contribution is 7.71. The van der Waals surface area contributed by atoms with Gasteiger partial charge >= 0.3 is 0 Å². The van der Waals surface area contributed by atoms with Gasteiger partial charge in [0, 0.05) is 11.4 Å². The Morgan fingerprint density at radius 1 is 1.56 bits per heavy atom. The second-order valence-electron chi connectivity index (χ2n) is 4.98. The van der Waals surface area contributed by atoms with Gasteiger partial charge in [-0.1, -0.05) is 6.92 Å². The molecule has 0 spiro atoms. The molecule has 0 bridgehead atoms.